The van der Waals surface area contributed by atoms with Crippen LogP contribution >= 0.6 is 0 Å². The lowest BCUT2D eigenvalue weighted by molar-refractivity contribution is 0.282. The van der Waals surface area contributed by atoms with E-state index < -0.39 is 5.92 Å². The fraction of sp³-hybridized carbons (Fsp3) is 0.464. The molecule has 0 spiro atoms. The van der Waals surface area contributed by atoms with Gasteiger partial charge in [-0.3, -0.25) is 4.99 Å². The van der Waals surface area contributed by atoms with Crippen LogP contribution in [-0.4, -0.2) is 27.9 Å². The maximum absolute atomic E-state index is 10.1. The van der Waals surface area contributed by atoms with Crippen LogP contribution in [0.5, 0.6) is 5.75 Å². The first-order valence-electron chi connectivity index (χ1n) is 12.5. The van der Waals surface area contributed by atoms with Crippen molar-refractivity contribution in [2.24, 2.45) is 16.6 Å². The van der Waals surface area contributed by atoms with Gasteiger partial charge < -0.3 is 19.8 Å². The third-order valence-corrected chi connectivity index (χ3v) is 5.95. The topological polar surface area (TPSA) is 98.5 Å². The van der Waals surface area contributed by atoms with Crippen LogP contribution in [0, 0.1) is 24.2 Å². The normalized spacial score (nSPS) is 18.1. The van der Waals surface area contributed by atoms with Gasteiger partial charge in [0.2, 0.25) is 5.88 Å². The lowest BCUT2D eigenvalue weighted by Crippen LogP contribution is -2.26. The minimum atomic E-state index is -0.402. The van der Waals surface area contributed by atoms with E-state index in [-0.39, 0.29) is 11.9 Å². The van der Waals surface area contributed by atoms with E-state index in [1.165, 1.54) is 0 Å². The predicted octanol–water partition coefficient (Wildman–Crippen LogP) is 5.95. The molecule has 1 aromatic carbocycles. The number of nitrogens with zero attached hydrogens (tertiary/aromatic N) is 4. The van der Waals surface area contributed by atoms with Gasteiger partial charge in [-0.15, -0.1) is 0 Å². The third-order valence-electron chi connectivity index (χ3n) is 5.95. The van der Waals surface area contributed by atoms with E-state index >= 15 is 0 Å². The van der Waals surface area contributed by atoms with Crippen molar-refractivity contribution in [1.29, 1.82) is 5.26 Å². The number of rotatable bonds is 7. The number of imidazole rings is 1. The van der Waals surface area contributed by atoms with Gasteiger partial charge in [0.25, 0.3) is 0 Å². The molecule has 1 atom stereocenters. The Hall–Kier alpha value is -3.53. The standard InChI is InChI=1S/C26H31N5O2.C2H6/c1-6-32-22-13-19(31-12-11-29-17(31)5)9-10-20(22)24-21(14-27)26(28)33-16(4)23(24)25(18-7-8-18)30-15(2)3;1-2/h9-13,15,18,24H,6-8,28H2,1-5H3;1-2H3. The molecule has 7 nitrogen and oxygen atoms in total. The Morgan fingerprint density at radius 3 is 2.57 bits per heavy atom. The highest BCUT2D eigenvalue weighted by Crippen LogP contribution is 2.47. The predicted molar refractivity (Wildman–Crippen MR) is 139 cm³/mol. The van der Waals surface area contributed by atoms with Crippen LogP contribution in [0.3, 0.4) is 0 Å². The summed E-state index contributed by atoms with van der Waals surface area (Å²) in [4.78, 5) is 9.31. The minimum Gasteiger partial charge on any atom is -0.493 e. The highest BCUT2D eigenvalue weighted by molar-refractivity contribution is 6.06. The highest BCUT2D eigenvalue weighted by atomic mass is 16.5. The molecule has 0 bridgehead atoms. The van der Waals surface area contributed by atoms with E-state index in [9.17, 15) is 5.26 Å². The van der Waals surface area contributed by atoms with Crippen LogP contribution < -0.4 is 10.5 Å². The van der Waals surface area contributed by atoms with Crippen LogP contribution in [0.2, 0.25) is 0 Å². The maximum atomic E-state index is 10.1. The molecule has 1 aliphatic carbocycles. The van der Waals surface area contributed by atoms with E-state index in [4.69, 9.17) is 20.2 Å². The smallest absolute Gasteiger partial charge is 0.205 e. The molecule has 4 rings (SSSR count). The first-order chi connectivity index (χ1) is 16.8. The quantitative estimate of drug-likeness (QED) is 0.499. The summed E-state index contributed by atoms with van der Waals surface area (Å²) < 4.78 is 14.0. The lowest BCUT2D eigenvalue weighted by Gasteiger charge is -2.30. The van der Waals surface area contributed by atoms with Crippen molar-refractivity contribution in [3.05, 3.63) is 64.8 Å². The zero-order valence-corrected chi connectivity index (χ0v) is 21.9. The van der Waals surface area contributed by atoms with Crippen molar-refractivity contribution in [3.8, 4) is 17.5 Å². The van der Waals surface area contributed by atoms with Crippen molar-refractivity contribution < 1.29 is 9.47 Å². The second-order valence-electron chi connectivity index (χ2n) is 8.78. The number of benzene rings is 1. The lowest BCUT2D eigenvalue weighted by atomic mass is 9.79. The van der Waals surface area contributed by atoms with Gasteiger partial charge in [-0.2, -0.15) is 5.26 Å². The minimum absolute atomic E-state index is 0.133. The Kier molecular flexibility index (Phi) is 8.39. The molecule has 1 aliphatic heterocycles. The summed E-state index contributed by atoms with van der Waals surface area (Å²) in [5.74, 6) is 2.41. The van der Waals surface area contributed by atoms with Crippen LogP contribution in [0.15, 0.2) is 58.4 Å². The summed E-state index contributed by atoms with van der Waals surface area (Å²) >= 11 is 0. The molecular weight excluding hydrogens is 438 g/mol. The fourth-order valence-corrected chi connectivity index (χ4v) is 4.40. The van der Waals surface area contributed by atoms with E-state index in [0.717, 1.165) is 41.2 Å². The van der Waals surface area contributed by atoms with Gasteiger partial charge in [0.15, 0.2) is 0 Å². The van der Waals surface area contributed by atoms with Crippen LogP contribution in [0.1, 0.15) is 71.7 Å². The van der Waals surface area contributed by atoms with Gasteiger partial charge in [-0.25, -0.2) is 4.98 Å². The molecule has 186 valence electrons. The number of hydrogen-bond acceptors (Lipinski definition) is 6. The molecule has 0 saturated heterocycles. The fourth-order valence-electron chi connectivity index (χ4n) is 4.40. The van der Waals surface area contributed by atoms with Gasteiger partial charge in [0.1, 0.15) is 29.0 Å². The largest absolute Gasteiger partial charge is 0.493 e. The van der Waals surface area contributed by atoms with Crippen molar-refractivity contribution in [2.75, 3.05) is 6.61 Å². The van der Waals surface area contributed by atoms with E-state index in [1.54, 1.807) is 6.20 Å². The summed E-state index contributed by atoms with van der Waals surface area (Å²) in [6.45, 7) is 14.5. The molecule has 1 aromatic heterocycles. The zero-order chi connectivity index (χ0) is 25.7. The van der Waals surface area contributed by atoms with Crippen LogP contribution in [0.25, 0.3) is 5.69 Å². The molecule has 0 radical (unpaired) electrons. The Labute approximate surface area is 209 Å². The van der Waals surface area contributed by atoms with Crippen LogP contribution in [-0.2, 0) is 4.74 Å². The van der Waals surface area contributed by atoms with E-state index in [2.05, 4.69) is 24.9 Å². The zero-order valence-electron chi connectivity index (χ0n) is 21.9. The summed E-state index contributed by atoms with van der Waals surface area (Å²) in [7, 11) is 0. The van der Waals surface area contributed by atoms with E-state index in [1.807, 2.05) is 63.6 Å². The molecule has 2 aromatic rings. The number of aryl methyl sites for hydroxylation is 1. The van der Waals surface area contributed by atoms with Gasteiger partial charge in [-0.1, -0.05) is 19.9 Å². The second kappa shape index (κ2) is 11.3. The number of aromatic nitrogens is 2. The van der Waals surface area contributed by atoms with Gasteiger partial charge >= 0.3 is 0 Å². The second-order valence-corrected chi connectivity index (χ2v) is 8.78. The number of ether oxygens (including phenoxy) is 2. The molecule has 2 aliphatic rings. The summed E-state index contributed by atoms with van der Waals surface area (Å²) in [5, 5.41) is 10.1. The van der Waals surface area contributed by atoms with Crippen LogP contribution in [0.4, 0.5) is 0 Å². The Morgan fingerprint density at radius 1 is 1.31 bits per heavy atom. The average Bonchev–Trinajstić information content (AvgIpc) is 3.59. The van der Waals surface area contributed by atoms with Gasteiger partial charge in [-0.05, 0) is 53.5 Å². The van der Waals surface area contributed by atoms with Crippen molar-refractivity contribution in [1.82, 2.24) is 9.55 Å². The van der Waals surface area contributed by atoms with Crippen molar-refractivity contribution in [3.63, 3.8) is 0 Å². The number of aliphatic imine (C=N–C) groups is 1. The molecule has 1 unspecified atom stereocenters. The Balaban J connectivity index is 0.00000167. The molecular formula is C28H37N5O2. The van der Waals surface area contributed by atoms with E-state index in [0.29, 0.717) is 29.6 Å². The molecule has 1 saturated carbocycles. The number of hydrogen-bond donors (Lipinski definition) is 1. The first-order valence-corrected chi connectivity index (χ1v) is 12.5. The molecule has 1 fully saturated rings. The Morgan fingerprint density at radius 2 is 2.03 bits per heavy atom. The molecule has 2 N–H and O–H groups in total. The van der Waals surface area contributed by atoms with Crippen molar-refractivity contribution >= 4 is 5.71 Å². The first kappa shape index (κ1) is 26.1. The van der Waals surface area contributed by atoms with Gasteiger partial charge in [0, 0.05) is 47.3 Å². The van der Waals surface area contributed by atoms with Gasteiger partial charge in [0.05, 0.1) is 18.2 Å². The molecule has 35 heavy (non-hydrogen) atoms. The Bertz CT molecular complexity index is 1190. The number of nitriles is 1. The average molecular weight is 476 g/mol. The molecule has 0 amide bonds. The summed E-state index contributed by atoms with van der Waals surface area (Å²) in [5.41, 5.74) is 10.4. The molecule has 7 heteroatoms. The number of nitrogens with two attached hydrogens (primary N) is 1. The third kappa shape index (κ3) is 5.43. The SMILES string of the molecule is CC.CCOc1cc(-n2ccnc2C)ccc1C1C(C#N)=C(N)OC(C)=C1C(=NC(C)C)C1CC1. The number of allylic oxidation sites excluding steroid dienone is 3. The molecule has 2 heterocycles. The maximum Gasteiger partial charge on any atom is 0.205 e. The van der Waals surface area contributed by atoms with Crippen molar-refractivity contribution in [2.45, 2.75) is 73.3 Å². The highest BCUT2D eigenvalue weighted by Gasteiger charge is 2.40. The summed E-state index contributed by atoms with van der Waals surface area (Å²) in [6, 6.07) is 8.49. The monoisotopic (exact) mass is 475 g/mol. The summed E-state index contributed by atoms with van der Waals surface area (Å²) in [6.07, 6.45) is 5.87.